The van der Waals surface area contributed by atoms with Gasteiger partial charge in [-0.25, -0.2) is 0 Å². The Labute approximate surface area is 265 Å². The zero-order valence-corrected chi connectivity index (χ0v) is 26.3. The van der Waals surface area contributed by atoms with Crippen LogP contribution in [0.5, 0.6) is 0 Å². The van der Waals surface area contributed by atoms with E-state index in [9.17, 15) is 4.79 Å². The van der Waals surface area contributed by atoms with Crippen molar-refractivity contribution >= 4 is 5.97 Å². The molecular weight excluding hydrogens is 571 g/mol. The number of alkyl halides is 3. The number of esters is 1. The van der Waals surface area contributed by atoms with Gasteiger partial charge < -0.3 is 4.74 Å². The van der Waals surface area contributed by atoms with Crippen LogP contribution in [-0.4, -0.2) is 30.6 Å². The largest absolute Gasteiger partial charge is 0.466 e. The van der Waals surface area contributed by atoms with E-state index in [1.807, 2.05) is 80.6 Å². The third kappa shape index (κ3) is 7.67. The molecule has 1 saturated heterocycles. The van der Waals surface area contributed by atoms with Crippen molar-refractivity contribution in [3.63, 3.8) is 0 Å². The van der Waals surface area contributed by atoms with Crippen LogP contribution in [-0.2, 0) is 15.7 Å². The van der Waals surface area contributed by atoms with Crippen molar-refractivity contribution in [2.45, 2.75) is 64.1 Å². The van der Waals surface area contributed by atoms with Crippen LogP contribution in [0.3, 0.4) is 0 Å². The van der Waals surface area contributed by atoms with Gasteiger partial charge >= 0.3 is 12.1 Å². The van der Waals surface area contributed by atoms with E-state index in [0.29, 0.717) is 18.5 Å². The summed E-state index contributed by atoms with van der Waals surface area (Å²) >= 11 is 0. The molecule has 1 aliphatic rings. The number of benzene rings is 4. The van der Waals surface area contributed by atoms with Crippen LogP contribution >= 0.6 is 0 Å². The minimum Gasteiger partial charge on any atom is -0.466 e. The number of hydrogen-bond donors (Lipinski definition) is 0. The summed E-state index contributed by atoms with van der Waals surface area (Å²) in [6.07, 6.45) is -3.00. The van der Waals surface area contributed by atoms with Crippen LogP contribution in [0.15, 0.2) is 103 Å². The van der Waals surface area contributed by atoms with Crippen molar-refractivity contribution in [1.29, 1.82) is 0 Å². The average Bonchev–Trinajstić information content (AvgIpc) is 3.04. The van der Waals surface area contributed by atoms with E-state index >= 15 is 13.2 Å². The first-order valence-electron chi connectivity index (χ1n) is 16.0. The first-order chi connectivity index (χ1) is 21.7. The Balaban J connectivity index is 1.67. The number of nitrogens with zero attached hydrogens (tertiary/aromatic N) is 1. The standard InChI is InChI=1S/C39H42F3NO2/c1-4-45-38(44)35(23-27(2)3)34-25-32(28-15-8-5-9-16-28)24-33(36(34)39(40,41)42)31-21-14-22-43(26-31)37(29-17-10-6-11-18-29)30-19-12-7-13-20-30/h5-13,15-20,24-25,27,31,35,37H,4,14,21-23,26H2,1-3H3. The van der Waals surface area contributed by atoms with Gasteiger partial charge in [-0.1, -0.05) is 111 Å². The fraction of sp³-hybridized carbons (Fsp3) is 0.359. The molecular formula is C39H42F3NO2. The summed E-state index contributed by atoms with van der Waals surface area (Å²) in [5.41, 5.74) is 3.33. The van der Waals surface area contributed by atoms with Gasteiger partial charge in [0.25, 0.3) is 0 Å². The Morgan fingerprint density at radius 1 is 0.867 bits per heavy atom. The van der Waals surface area contributed by atoms with Gasteiger partial charge in [0, 0.05) is 6.54 Å². The minimum absolute atomic E-state index is 0.00741. The number of rotatable bonds is 10. The second-order valence-corrected chi connectivity index (χ2v) is 12.4. The van der Waals surface area contributed by atoms with Gasteiger partial charge in [0.05, 0.1) is 24.1 Å². The molecule has 0 aliphatic carbocycles. The van der Waals surface area contributed by atoms with Gasteiger partial charge in [0.2, 0.25) is 0 Å². The van der Waals surface area contributed by atoms with Crippen molar-refractivity contribution in [2.24, 2.45) is 5.92 Å². The summed E-state index contributed by atoms with van der Waals surface area (Å²) in [5, 5.41) is 0. The van der Waals surface area contributed by atoms with Crippen molar-refractivity contribution < 1.29 is 22.7 Å². The molecule has 0 radical (unpaired) electrons. The molecule has 0 amide bonds. The predicted octanol–water partition coefficient (Wildman–Crippen LogP) is 10.0. The highest BCUT2D eigenvalue weighted by Gasteiger charge is 2.43. The number of piperidine rings is 1. The molecule has 1 fully saturated rings. The van der Waals surface area contributed by atoms with Gasteiger partial charge in [0.1, 0.15) is 0 Å². The van der Waals surface area contributed by atoms with E-state index < -0.39 is 23.6 Å². The molecule has 2 unspecified atom stereocenters. The van der Waals surface area contributed by atoms with E-state index in [2.05, 4.69) is 29.2 Å². The second-order valence-electron chi connectivity index (χ2n) is 12.4. The molecule has 4 aromatic rings. The Morgan fingerprint density at radius 3 is 1.98 bits per heavy atom. The summed E-state index contributed by atoms with van der Waals surface area (Å²) in [7, 11) is 0. The molecule has 0 saturated carbocycles. The molecule has 0 spiro atoms. The summed E-state index contributed by atoms with van der Waals surface area (Å²) < 4.78 is 51.5. The van der Waals surface area contributed by atoms with Gasteiger partial charge in [-0.15, -0.1) is 0 Å². The topological polar surface area (TPSA) is 29.5 Å². The normalized spacial score (nSPS) is 16.6. The van der Waals surface area contributed by atoms with Crippen molar-refractivity contribution in [3.8, 4) is 11.1 Å². The van der Waals surface area contributed by atoms with E-state index in [0.717, 1.165) is 29.7 Å². The molecule has 45 heavy (non-hydrogen) atoms. The van der Waals surface area contributed by atoms with Gasteiger partial charge in [-0.2, -0.15) is 13.2 Å². The number of ether oxygens (including phenoxy) is 1. The molecule has 5 rings (SSSR count). The number of carbonyl (C=O) groups excluding carboxylic acids is 1. The first-order valence-corrected chi connectivity index (χ1v) is 16.0. The molecule has 236 valence electrons. The smallest absolute Gasteiger partial charge is 0.416 e. The van der Waals surface area contributed by atoms with Gasteiger partial charge in [-0.05, 0) is 84.0 Å². The Morgan fingerprint density at radius 2 is 1.44 bits per heavy atom. The fourth-order valence-electron chi connectivity index (χ4n) is 6.85. The Bertz CT molecular complexity index is 1500. The first kappa shape index (κ1) is 32.5. The molecule has 4 aromatic carbocycles. The highest BCUT2D eigenvalue weighted by Crippen LogP contribution is 2.47. The third-order valence-electron chi connectivity index (χ3n) is 8.73. The molecule has 6 heteroatoms. The number of hydrogen-bond acceptors (Lipinski definition) is 3. The maximum atomic E-state index is 15.4. The van der Waals surface area contributed by atoms with E-state index in [1.165, 1.54) is 0 Å². The lowest BCUT2D eigenvalue weighted by atomic mass is 9.78. The molecule has 2 atom stereocenters. The number of halogens is 3. The fourth-order valence-corrected chi connectivity index (χ4v) is 6.85. The van der Waals surface area contributed by atoms with Crippen LogP contribution < -0.4 is 0 Å². The lowest BCUT2D eigenvalue weighted by Crippen LogP contribution is -2.38. The highest BCUT2D eigenvalue weighted by molar-refractivity contribution is 5.80. The van der Waals surface area contributed by atoms with Crippen LogP contribution in [0.1, 0.15) is 85.7 Å². The molecule has 0 bridgehead atoms. The zero-order valence-electron chi connectivity index (χ0n) is 26.3. The predicted molar refractivity (Wildman–Crippen MR) is 174 cm³/mol. The van der Waals surface area contributed by atoms with Crippen LogP contribution in [0.4, 0.5) is 13.2 Å². The highest BCUT2D eigenvalue weighted by atomic mass is 19.4. The van der Waals surface area contributed by atoms with E-state index in [-0.39, 0.29) is 42.0 Å². The quantitative estimate of drug-likeness (QED) is 0.167. The van der Waals surface area contributed by atoms with Crippen molar-refractivity contribution in [3.05, 3.63) is 131 Å². The van der Waals surface area contributed by atoms with Crippen molar-refractivity contribution in [1.82, 2.24) is 4.90 Å². The number of likely N-dealkylation sites (tertiary alicyclic amines) is 1. The van der Waals surface area contributed by atoms with Crippen LogP contribution in [0.2, 0.25) is 0 Å². The second kappa shape index (κ2) is 14.5. The third-order valence-corrected chi connectivity index (χ3v) is 8.73. The van der Waals surface area contributed by atoms with E-state index in [1.54, 1.807) is 19.1 Å². The summed E-state index contributed by atoms with van der Waals surface area (Å²) in [5.74, 6) is -2.02. The summed E-state index contributed by atoms with van der Waals surface area (Å²) in [6, 6.07) is 33.1. The van der Waals surface area contributed by atoms with Crippen LogP contribution in [0.25, 0.3) is 11.1 Å². The Hall–Kier alpha value is -3.90. The van der Waals surface area contributed by atoms with Crippen molar-refractivity contribution in [2.75, 3.05) is 19.7 Å². The molecule has 1 aliphatic heterocycles. The molecule has 1 heterocycles. The maximum Gasteiger partial charge on any atom is 0.416 e. The lowest BCUT2D eigenvalue weighted by Gasteiger charge is -2.40. The molecule has 0 N–H and O–H groups in total. The molecule has 0 aromatic heterocycles. The summed E-state index contributed by atoms with van der Waals surface area (Å²) in [4.78, 5) is 15.7. The number of carbonyl (C=O) groups is 1. The monoisotopic (exact) mass is 613 g/mol. The lowest BCUT2D eigenvalue weighted by molar-refractivity contribution is -0.146. The Kier molecular flexibility index (Phi) is 10.4. The van der Waals surface area contributed by atoms with Gasteiger partial charge in [0.15, 0.2) is 0 Å². The summed E-state index contributed by atoms with van der Waals surface area (Å²) in [6.45, 7) is 6.88. The zero-order chi connectivity index (χ0) is 32.0. The maximum absolute atomic E-state index is 15.4. The van der Waals surface area contributed by atoms with Crippen LogP contribution in [0, 0.1) is 5.92 Å². The molecule has 3 nitrogen and oxygen atoms in total. The van der Waals surface area contributed by atoms with E-state index in [4.69, 9.17) is 4.74 Å². The minimum atomic E-state index is -4.65. The SMILES string of the molecule is CCOC(=O)C(CC(C)C)c1cc(-c2ccccc2)cc(C2CCCN(C(c3ccccc3)c3ccccc3)C2)c1C(F)(F)F. The van der Waals surface area contributed by atoms with Gasteiger partial charge in [-0.3, -0.25) is 9.69 Å². The average molecular weight is 614 g/mol.